The fourth-order valence-electron chi connectivity index (χ4n) is 2.55. The molecule has 0 unspecified atom stereocenters. The maximum Gasteiger partial charge on any atom is 0.132 e. The Morgan fingerprint density at radius 2 is 2.05 bits per heavy atom. The molecule has 0 aromatic heterocycles. The van der Waals surface area contributed by atoms with Gasteiger partial charge < -0.3 is 9.47 Å². The molecule has 2 rings (SSSR count). The van der Waals surface area contributed by atoms with Gasteiger partial charge in [-0.05, 0) is 55.1 Å². The van der Waals surface area contributed by atoms with Crippen molar-refractivity contribution in [1.82, 2.24) is 0 Å². The van der Waals surface area contributed by atoms with Crippen molar-refractivity contribution in [2.45, 2.75) is 38.0 Å². The summed E-state index contributed by atoms with van der Waals surface area (Å²) in [5, 5.41) is 0. The van der Waals surface area contributed by atoms with E-state index in [4.69, 9.17) is 9.47 Å². The summed E-state index contributed by atoms with van der Waals surface area (Å²) in [6.07, 6.45) is 5.50. The largest absolute Gasteiger partial charge is 0.492 e. The number of thioether (sulfide) groups is 1. The van der Waals surface area contributed by atoms with Crippen LogP contribution in [0.25, 0.3) is 0 Å². The van der Waals surface area contributed by atoms with Crippen molar-refractivity contribution in [3.63, 3.8) is 0 Å². The highest BCUT2D eigenvalue weighted by Crippen LogP contribution is 2.30. The highest BCUT2D eigenvalue weighted by molar-refractivity contribution is 7.98. The van der Waals surface area contributed by atoms with Crippen molar-refractivity contribution in [1.29, 1.82) is 0 Å². The second-order valence-corrected chi connectivity index (χ2v) is 6.80. The number of benzene rings is 1. The predicted octanol–water partition coefficient (Wildman–Crippen LogP) is 4.41. The maximum atomic E-state index is 6.05. The molecule has 1 aromatic carbocycles. The lowest BCUT2D eigenvalue weighted by molar-refractivity contribution is 0.0493. The average molecular weight is 294 g/mol. The Bertz CT molecular complexity index is 411. The van der Waals surface area contributed by atoms with Gasteiger partial charge in [0.25, 0.3) is 0 Å². The van der Waals surface area contributed by atoms with Crippen LogP contribution in [0.4, 0.5) is 0 Å². The Labute approximate surface area is 127 Å². The normalized spacial score (nSPS) is 16.6. The summed E-state index contributed by atoms with van der Waals surface area (Å²) < 4.78 is 11.4. The summed E-state index contributed by atoms with van der Waals surface area (Å²) in [7, 11) is 0. The Kier molecular flexibility index (Phi) is 6.24. The smallest absolute Gasteiger partial charge is 0.132 e. The molecule has 1 saturated heterocycles. The Morgan fingerprint density at radius 1 is 1.30 bits per heavy atom. The first-order valence-corrected chi connectivity index (χ1v) is 8.79. The number of hydrogen-bond acceptors (Lipinski definition) is 3. The quantitative estimate of drug-likeness (QED) is 0.724. The topological polar surface area (TPSA) is 18.5 Å². The molecule has 0 aliphatic carbocycles. The van der Waals surface area contributed by atoms with E-state index in [0.717, 1.165) is 44.8 Å². The number of ether oxygens (including phenoxy) is 2. The van der Waals surface area contributed by atoms with E-state index in [1.54, 1.807) is 11.8 Å². The molecule has 0 saturated carbocycles. The van der Waals surface area contributed by atoms with Gasteiger partial charge in [0, 0.05) is 18.1 Å². The highest BCUT2D eigenvalue weighted by Gasteiger charge is 2.15. The van der Waals surface area contributed by atoms with Crippen LogP contribution in [-0.4, -0.2) is 26.1 Å². The van der Waals surface area contributed by atoms with Gasteiger partial charge in [0.1, 0.15) is 5.75 Å². The summed E-state index contributed by atoms with van der Waals surface area (Å²) in [4.78, 5) is 1.26. The van der Waals surface area contributed by atoms with Gasteiger partial charge >= 0.3 is 0 Å². The molecular weight excluding hydrogens is 268 g/mol. The molecule has 1 heterocycles. The van der Waals surface area contributed by atoms with Crippen LogP contribution in [0.1, 0.15) is 32.3 Å². The second-order valence-electron chi connectivity index (χ2n) is 5.95. The van der Waals surface area contributed by atoms with Crippen LogP contribution in [-0.2, 0) is 11.2 Å². The van der Waals surface area contributed by atoms with Gasteiger partial charge in [0.15, 0.2) is 0 Å². The zero-order valence-corrected chi connectivity index (χ0v) is 13.7. The van der Waals surface area contributed by atoms with Gasteiger partial charge in [-0.1, -0.05) is 19.9 Å². The molecule has 1 aliphatic rings. The lowest BCUT2D eigenvalue weighted by Gasteiger charge is -2.22. The van der Waals surface area contributed by atoms with Crippen LogP contribution in [0.15, 0.2) is 23.1 Å². The molecule has 3 heteroatoms. The minimum atomic E-state index is 0.647. The first-order chi connectivity index (χ1) is 9.69. The second kappa shape index (κ2) is 7.94. The molecule has 0 spiro atoms. The van der Waals surface area contributed by atoms with Crippen LogP contribution in [0.2, 0.25) is 0 Å². The van der Waals surface area contributed by atoms with Crippen LogP contribution in [0, 0.1) is 11.8 Å². The van der Waals surface area contributed by atoms with Crippen LogP contribution >= 0.6 is 11.8 Å². The molecule has 0 bridgehead atoms. The first kappa shape index (κ1) is 15.7. The van der Waals surface area contributed by atoms with E-state index in [9.17, 15) is 0 Å². The third kappa shape index (κ3) is 4.71. The molecule has 1 aromatic rings. The fraction of sp³-hybridized carbons (Fsp3) is 0.647. The van der Waals surface area contributed by atoms with Crippen molar-refractivity contribution in [2.75, 3.05) is 26.1 Å². The molecule has 112 valence electrons. The number of rotatable bonds is 6. The molecule has 20 heavy (non-hydrogen) atoms. The van der Waals surface area contributed by atoms with Crippen molar-refractivity contribution in [3.05, 3.63) is 23.8 Å². The van der Waals surface area contributed by atoms with Gasteiger partial charge in [0.2, 0.25) is 0 Å². The van der Waals surface area contributed by atoms with E-state index in [0.29, 0.717) is 11.8 Å². The van der Waals surface area contributed by atoms with E-state index in [-0.39, 0.29) is 0 Å². The third-order valence-corrected chi connectivity index (χ3v) is 4.45. The Hall–Kier alpha value is -0.670. The monoisotopic (exact) mass is 294 g/mol. The summed E-state index contributed by atoms with van der Waals surface area (Å²) in [6.45, 7) is 7.11. The predicted molar refractivity (Wildman–Crippen MR) is 85.8 cm³/mol. The van der Waals surface area contributed by atoms with Crippen molar-refractivity contribution < 1.29 is 9.47 Å². The SMILES string of the molecule is CSc1cc(CC(C)C)ccc1OCC1CCOCC1. The summed E-state index contributed by atoms with van der Waals surface area (Å²) in [5.41, 5.74) is 1.41. The average Bonchev–Trinajstić information content (AvgIpc) is 2.46. The van der Waals surface area contributed by atoms with Gasteiger partial charge in [-0.3, -0.25) is 0 Å². The first-order valence-electron chi connectivity index (χ1n) is 7.56. The van der Waals surface area contributed by atoms with E-state index < -0.39 is 0 Å². The highest BCUT2D eigenvalue weighted by atomic mass is 32.2. The van der Waals surface area contributed by atoms with Crippen LogP contribution in [0.5, 0.6) is 5.75 Å². The summed E-state index contributed by atoms with van der Waals surface area (Å²) in [6, 6.07) is 6.63. The van der Waals surface area contributed by atoms with Gasteiger partial charge in [-0.2, -0.15) is 0 Å². The zero-order chi connectivity index (χ0) is 14.4. The molecule has 0 radical (unpaired) electrons. The summed E-state index contributed by atoms with van der Waals surface area (Å²) in [5.74, 6) is 2.38. The molecule has 2 nitrogen and oxygen atoms in total. The Morgan fingerprint density at radius 3 is 2.70 bits per heavy atom. The molecule has 0 N–H and O–H groups in total. The lowest BCUT2D eigenvalue weighted by atomic mass is 10.0. The molecule has 0 atom stereocenters. The zero-order valence-electron chi connectivity index (χ0n) is 12.9. The van der Waals surface area contributed by atoms with Gasteiger partial charge in [-0.15, -0.1) is 11.8 Å². The lowest BCUT2D eigenvalue weighted by Crippen LogP contribution is -2.21. The van der Waals surface area contributed by atoms with Crippen molar-refractivity contribution in [3.8, 4) is 5.75 Å². The minimum absolute atomic E-state index is 0.647. The minimum Gasteiger partial charge on any atom is -0.492 e. The van der Waals surface area contributed by atoms with Gasteiger partial charge in [-0.25, -0.2) is 0 Å². The van der Waals surface area contributed by atoms with Crippen LogP contribution in [0.3, 0.4) is 0 Å². The molecule has 1 aliphatic heterocycles. The fourth-order valence-corrected chi connectivity index (χ4v) is 3.15. The Balaban J connectivity index is 1.95. The number of hydrogen-bond donors (Lipinski definition) is 0. The molecule has 0 amide bonds. The van der Waals surface area contributed by atoms with Crippen molar-refractivity contribution >= 4 is 11.8 Å². The van der Waals surface area contributed by atoms with E-state index in [2.05, 4.69) is 38.3 Å². The third-order valence-electron chi connectivity index (χ3n) is 3.69. The molecular formula is C17H26O2S. The molecule has 1 fully saturated rings. The standard InChI is InChI=1S/C17H26O2S/c1-13(2)10-15-4-5-16(17(11-15)20-3)19-12-14-6-8-18-9-7-14/h4-5,11,13-14H,6-10,12H2,1-3H3. The van der Waals surface area contributed by atoms with E-state index in [1.165, 1.54) is 10.5 Å². The van der Waals surface area contributed by atoms with E-state index in [1.807, 2.05) is 0 Å². The maximum absolute atomic E-state index is 6.05. The summed E-state index contributed by atoms with van der Waals surface area (Å²) >= 11 is 1.77. The van der Waals surface area contributed by atoms with Crippen molar-refractivity contribution in [2.24, 2.45) is 11.8 Å². The van der Waals surface area contributed by atoms with E-state index >= 15 is 0 Å². The van der Waals surface area contributed by atoms with Crippen LogP contribution < -0.4 is 4.74 Å². The van der Waals surface area contributed by atoms with Gasteiger partial charge in [0.05, 0.1) is 6.61 Å².